The topological polar surface area (TPSA) is 54.4 Å². The van der Waals surface area contributed by atoms with Crippen LogP contribution in [0.15, 0.2) is 70.5 Å². The summed E-state index contributed by atoms with van der Waals surface area (Å²) < 4.78 is 14.3. The normalized spacial score (nSPS) is 13.4. The third-order valence-electron chi connectivity index (χ3n) is 7.21. The van der Waals surface area contributed by atoms with Crippen molar-refractivity contribution in [3.8, 4) is 0 Å². The molecule has 2 aromatic rings. The number of hydrogen-bond acceptors (Lipinski definition) is 4. The SMILES string of the molecule is CC1=C(C)C(/C=C(\C)c2c(F)cccc2P)=CN=C(Nc2ccc(C)nc2)C1.CC=O.CCCC.CCCCC(C)CCC. The molecule has 0 saturated heterocycles. The van der Waals surface area contributed by atoms with Crippen LogP contribution in [0.1, 0.15) is 125 Å². The second-order valence-electron chi connectivity index (χ2n) is 11.4. The number of nitrogens with one attached hydrogen (secondary N) is 1. The molecular formula is C38H59FN3OP. The van der Waals surface area contributed by atoms with Gasteiger partial charge in [0, 0.05) is 23.9 Å². The largest absolute Gasteiger partial charge is 0.342 e. The van der Waals surface area contributed by atoms with Crippen molar-refractivity contribution in [3.05, 3.63) is 82.6 Å². The molecule has 244 valence electrons. The lowest BCUT2D eigenvalue weighted by molar-refractivity contribution is -0.106. The highest BCUT2D eigenvalue weighted by molar-refractivity contribution is 7.27. The molecular weight excluding hydrogens is 564 g/mol. The van der Waals surface area contributed by atoms with Gasteiger partial charge in [-0.1, -0.05) is 97.3 Å². The number of aliphatic imine (C=N–C) groups is 1. The minimum Gasteiger partial charge on any atom is -0.342 e. The average molecular weight is 624 g/mol. The Bertz CT molecular complexity index is 1210. The van der Waals surface area contributed by atoms with E-state index in [0.29, 0.717) is 5.56 Å². The zero-order chi connectivity index (χ0) is 33.5. The fourth-order valence-corrected chi connectivity index (χ4v) is 4.78. The van der Waals surface area contributed by atoms with Crippen LogP contribution in [0.2, 0.25) is 0 Å². The standard InChI is InChI=1S/C23H25FN3P.C9H20.C4H10.C2H4O/c1-14-11-22(27-19-9-8-16(3)25-13-19)26-12-18(17(14)4)10-15(2)23-20(24)6-5-7-21(23)28;1-4-6-8-9(3)7-5-2;1-3-4-2;1-2-3/h5-10,12-13H,11,28H2,1-4H3,(H,26,27);9H,4-8H2,1-3H3;3-4H2,1-2H3;2H,1H3/b15-10+;;;. The fourth-order valence-electron chi connectivity index (χ4n) is 4.30. The van der Waals surface area contributed by atoms with E-state index in [-0.39, 0.29) is 5.82 Å². The molecule has 3 rings (SSSR count). The maximum atomic E-state index is 14.3. The molecule has 4 nitrogen and oxygen atoms in total. The van der Waals surface area contributed by atoms with E-state index in [1.807, 2.05) is 50.5 Å². The number of anilines is 1. The Labute approximate surface area is 271 Å². The lowest BCUT2D eigenvalue weighted by Crippen LogP contribution is -2.12. The van der Waals surface area contributed by atoms with Gasteiger partial charge in [-0.25, -0.2) is 9.38 Å². The number of hydrogen-bond donors (Lipinski definition) is 1. The highest BCUT2D eigenvalue weighted by Gasteiger charge is 2.13. The van der Waals surface area contributed by atoms with Crippen LogP contribution >= 0.6 is 9.24 Å². The van der Waals surface area contributed by atoms with Gasteiger partial charge in [0.15, 0.2) is 0 Å². The average Bonchev–Trinajstić information content (AvgIpc) is 3.11. The summed E-state index contributed by atoms with van der Waals surface area (Å²) in [6.45, 7) is 20.8. The summed E-state index contributed by atoms with van der Waals surface area (Å²) in [4.78, 5) is 17.8. The van der Waals surface area contributed by atoms with E-state index in [0.717, 1.165) is 57.9 Å². The summed E-state index contributed by atoms with van der Waals surface area (Å²) in [5.74, 6) is 1.61. The molecule has 44 heavy (non-hydrogen) atoms. The van der Waals surface area contributed by atoms with Crippen molar-refractivity contribution in [1.29, 1.82) is 0 Å². The van der Waals surface area contributed by atoms with Crippen molar-refractivity contribution in [2.24, 2.45) is 10.9 Å². The Kier molecular flexibility index (Phi) is 22.8. The number of benzene rings is 1. The summed E-state index contributed by atoms with van der Waals surface area (Å²) in [6, 6.07) is 9.07. The zero-order valence-electron chi connectivity index (χ0n) is 29.2. The summed E-state index contributed by atoms with van der Waals surface area (Å²) in [5.41, 5.74) is 6.75. The monoisotopic (exact) mass is 623 g/mol. The van der Waals surface area contributed by atoms with Crippen molar-refractivity contribution in [2.45, 2.75) is 121 Å². The van der Waals surface area contributed by atoms with E-state index in [1.165, 1.54) is 63.5 Å². The number of allylic oxidation sites excluding steroid dienone is 4. The molecule has 0 amide bonds. The number of nitrogens with zero attached hydrogens (tertiary/aromatic N) is 2. The molecule has 0 bridgehead atoms. The number of unbranched alkanes of at least 4 members (excludes halogenated alkanes) is 2. The quantitative estimate of drug-likeness (QED) is 0.223. The van der Waals surface area contributed by atoms with Gasteiger partial charge in [-0.3, -0.25) is 4.98 Å². The van der Waals surface area contributed by atoms with Crippen LogP contribution in [0.25, 0.3) is 5.57 Å². The van der Waals surface area contributed by atoms with E-state index < -0.39 is 0 Å². The van der Waals surface area contributed by atoms with Crippen LogP contribution < -0.4 is 10.6 Å². The number of aldehydes is 1. The van der Waals surface area contributed by atoms with Gasteiger partial charge >= 0.3 is 0 Å². The molecule has 2 heterocycles. The fraction of sp³-hybridized carbons (Fsp3) is 0.500. The Hall–Kier alpha value is -2.91. The number of aromatic nitrogens is 1. The van der Waals surface area contributed by atoms with Gasteiger partial charge in [-0.2, -0.15) is 0 Å². The van der Waals surface area contributed by atoms with Crippen molar-refractivity contribution in [3.63, 3.8) is 0 Å². The first-order valence-corrected chi connectivity index (χ1v) is 16.8. The van der Waals surface area contributed by atoms with E-state index in [9.17, 15) is 4.39 Å². The molecule has 2 unspecified atom stereocenters. The summed E-state index contributed by atoms with van der Waals surface area (Å²) in [5, 5.41) is 4.19. The highest BCUT2D eigenvalue weighted by Crippen LogP contribution is 2.27. The summed E-state index contributed by atoms with van der Waals surface area (Å²) >= 11 is 0. The number of aryl methyl sites for hydroxylation is 1. The highest BCUT2D eigenvalue weighted by atomic mass is 31.0. The van der Waals surface area contributed by atoms with Gasteiger partial charge in [-0.05, 0) is 86.8 Å². The number of carbonyl (C=O) groups is 1. The second kappa shape index (κ2) is 24.4. The molecule has 0 radical (unpaired) electrons. The van der Waals surface area contributed by atoms with E-state index in [1.54, 1.807) is 6.07 Å². The molecule has 1 aliphatic rings. The lowest BCUT2D eigenvalue weighted by atomic mass is 9.97. The van der Waals surface area contributed by atoms with Gasteiger partial charge in [0.1, 0.15) is 17.9 Å². The Morgan fingerprint density at radius 2 is 1.68 bits per heavy atom. The maximum absolute atomic E-state index is 14.3. The maximum Gasteiger partial charge on any atom is 0.131 e. The molecule has 2 atom stereocenters. The molecule has 0 aliphatic carbocycles. The van der Waals surface area contributed by atoms with Gasteiger partial charge in [-0.15, -0.1) is 9.24 Å². The predicted molar refractivity (Wildman–Crippen MR) is 196 cm³/mol. The second-order valence-corrected chi connectivity index (χ2v) is 12.0. The van der Waals surface area contributed by atoms with Gasteiger partial charge in [0.05, 0.1) is 11.9 Å². The predicted octanol–water partition coefficient (Wildman–Crippen LogP) is 11.2. The third kappa shape index (κ3) is 16.8. The smallest absolute Gasteiger partial charge is 0.131 e. The minimum absolute atomic E-state index is 0.216. The molecule has 6 heteroatoms. The van der Waals surface area contributed by atoms with Crippen molar-refractivity contribution in [2.75, 3.05) is 5.32 Å². The number of rotatable bonds is 9. The summed E-state index contributed by atoms with van der Waals surface area (Å²) in [7, 11) is 2.61. The van der Waals surface area contributed by atoms with Crippen LogP contribution in [0.4, 0.5) is 10.1 Å². The first kappa shape index (κ1) is 41.1. The van der Waals surface area contributed by atoms with Crippen LogP contribution in [-0.2, 0) is 4.79 Å². The van der Waals surface area contributed by atoms with Gasteiger partial charge < -0.3 is 10.1 Å². The molecule has 1 aliphatic heterocycles. The number of amidine groups is 1. The number of halogens is 1. The van der Waals surface area contributed by atoms with Crippen LogP contribution in [0.3, 0.4) is 0 Å². The van der Waals surface area contributed by atoms with E-state index in [2.05, 4.69) is 73.0 Å². The molecule has 0 spiro atoms. The summed E-state index contributed by atoms with van der Waals surface area (Å²) in [6.07, 6.45) is 16.8. The number of pyridine rings is 1. The first-order chi connectivity index (χ1) is 21.0. The third-order valence-corrected chi connectivity index (χ3v) is 7.69. The van der Waals surface area contributed by atoms with E-state index >= 15 is 0 Å². The van der Waals surface area contributed by atoms with Crippen molar-refractivity contribution >= 4 is 37.9 Å². The lowest BCUT2D eigenvalue weighted by Gasteiger charge is -2.11. The minimum atomic E-state index is -0.216. The first-order valence-electron chi connectivity index (χ1n) is 16.2. The zero-order valence-corrected chi connectivity index (χ0v) is 30.3. The Balaban J connectivity index is 0.000000958. The van der Waals surface area contributed by atoms with Crippen LogP contribution in [0.5, 0.6) is 0 Å². The molecule has 0 saturated carbocycles. The molecule has 1 N–H and O–H groups in total. The Morgan fingerprint density at radius 1 is 1.02 bits per heavy atom. The van der Waals surface area contributed by atoms with Crippen molar-refractivity contribution < 1.29 is 9.18 Å². The van der Waals surface area contributed by atoms with Gasteiger partial charge in [0.25, 0.3) is 0 Å². The molecule has 1 aromatic carbocycles. The molecule has 1 aromatic heterocycles. The van der Waals surface area contributed by atoms with Crippen LogP contribution in [-0.4, -0.2) is 17.1 Å². The van der Waals surface area contributed by atoms with Crippen LogP contribution in [0, 0.1) is 18.7 Å². The van der Waals surface area contributed by atoms with E-state index in [4.69, 9.17) is 4.79 Å². The van der Waals surface area contributed by atoms with Gasteiger partial charge in [0.2, 0.25) is 0 Å². The number of carbonyl (C=O) groups excluding carboxylic acids is 1. The molecule has 0 fully saturated rings. The van der Waals surface area contributed by atoms with Crippen molar-refractivity contribution in [1.82, 2.24) is 4.98 Å². The Morgan fingerprint density at radius 3 is 2.20 bits per heavy atom.